The summed E-state index contributed by atoms with van der Waals surface area (Å²) in [5, 5.41) is 6.75. The number of nitrogens with one attached hydrogen (secondary N) is 1. The summed E-state index contributed by atoms with van der Waals surface area (Å²) in [5.74, 6) is 0.0600. The molecule has 3 rings (SSSR count). The van der Waals surface area contributed by atoms with E-state index in [4.69, 9.17) is 0 Å². The molecule has 0 saturated heterocycles. The van der Waals surface area contributed by atoms with Crippen molar-refractivity contribution in [3.63, 3.8) is 0 Å². The number of imidazole rings is 1. The zero-order valence-electron chi connectivity index (χ0n) is 12.6. The molecule has 3 aromatic rings. The third-order valence-electron chi connectivity index (χ3n) is 3.58. The highest BCUT2D eigenvalue weighted by atomic mass is 32.1. The number of carbonyl (C=O) groups is 1. The topological polar surface area (TPSA) is 46.9 Å². The minimum atomic E-state index is -0.623. The fourth-order valence-corrected chi connectivity index (χ4v) is 3.11. The summed E-state index contributed by atoms with van der Waals surface area (Å²) in [6, 6.07) is 7.71. The Balaban J connectivity index is 1.88. The Hall–Kier alpha value is -2.47. The number of amides is 1. The van der Waals surface area contributed by atoms with Crippen LogP contribution >= 0.6 is 11.3 Å². The SMILES string of the molecule is Cn1ccnc1C(NC(=O)Cc1ccsc1)c1ccccc1F. The molecule has 0 bridgehead atoms. The summed E-state index contributed by atoms with van der Waals surface area (Å²) in [7, 11) is 1.82. The number of aromatic nitrogens is 2. The van der Waals surface area contributed by atoms with E-state index in [0.717, 1.165) is 5.56 Å². The average Bonchev–Trinajstić information content (AvgIpc) is 3.17. The first kappa shape index (κ1) is 15.4. The molecule has 1 atom stereocenters. The van der Waals surface area contributed by atoms with Crippen LogP contribution in [0.3, 0.4) is 0 Å². The molecule has 1 unspecified atom stereocenters. The molecular weight excluding hydrogens is 313 g/mol. The van der Waals surface area contributed by atoms with E-state index >= 15 is 0 Å². The van der Waals surface area contributed by atoms with Gasteiger partial charge in [-0.3, -0.25) is 4.79 Å². The molecule has 0 aliphatic carbocycles. The number of aryl methyl sites for hydroxylation is 1. The maximum atomic E-state index is 14.2. The number of benzene rings is 1. The van der Waals surface area contributed by atoms with Gasteiger partial charge in [0.1, 0.15) is 17.7 Å². The van der Waals surface area contributed by atoms with Gasteiger partial charge in [0.05, 0.1) is 6.42 Å². The summed E-state index contributed by atoms with van der Waals surface area (Å²) < 4.78 is 16.0. The summed E-state index contributed by atoms with van der Waals surface area (Å²) in [6.45, 7) is 0. The number of rotatable bonds is 5. The first-order valence-electron chi connectivity index (χ1n) is 7.17. The van der Waals surface area contributed by atoms with Crippen molar-refractivity contribution in [2.45, 2.75) is 12.5 Å². The first-order chi connectivity index (χ1) is 11.1. The number of thiophene rings is 1. The lowest BCUT2D eigenvalue weighted by molar-refractivity contribution is -0.121. The molecule has 0 fully saturated rings. The standard InChI is InChI=1S/C17H16FN3OS/c1-21-8-7-19-17(21)16(13-4-2-3-5-14(13)18)20-15(22)10-12-6-9-23-11-12/h2-9,11,16H,10H2,1H3,(H,20,22). The molecule has 1 amide bonds. The maximum Gasteiger partial charge on any atom is 0.225 e. The van der Waals surface area contributed by atoms with Crippen molar-refractivity contribution in [3.05, 3.63) is 76.3 Å². The van der Waals surface area contributed by atoms with Crippen LogP contribution in [0.25, 0.3) is 0 Å². The highest BCUT2D eigenvalue weighted by Gasteiger charge is 2.23. The van der Waals surface area contributed by atoms with Gasteiger partial charge in [-0.2, -0.15) is 11.3 Å². The zero-order chi connectivity index (χ0) is 16.2. The normalized spacial score (nSPS) is 12.1. The predicted octanol–water partition coefficient (Wildman–Crippen LogP) is 3.07. The van der Waals surface area contributed by atoms with Gasteiger partial charge in [-0.1, -0.05) is 18.2 Å². The minimum absolute atomic E-state index is 0.167. The number of carbonyl (C=O) groups excluding carboxylic acids is 1. The average molecular weight is 329 g/mol. The van der Waals surface area contributed by atoms with Gasteiger partial charge in [-0.05, 0) is 28.5 Å². The van der Waals surface area contributed by atoms with Gasteiger partial charge in [-0.25, -0.2) is 9.37 Å². The van der Waals surface area contributed by atoms with Gasteiger partial charge < -0.3 is 9.88 Å². The molecule has 0 saturated carbocycles. The van der Waals surface area contributed by atoms with Crippen LogP contribution in [0.15, 0.2) is 53.5 Å². The lowest BCUT2D eigenvalue weighted by atomic mass is 10.0. The second kappa shape index (κ2) is 6.75. The Kier molecular flexibility index (Phi) is 4.52. The molecule has 2 aromatic heterocycles. The lowest BCUT2D eigenvalue weighted by Gasteiger charge is -2.19. The Morgan fingerprint density at radius 1 is 1.39 bits per heavy atom. The summed E-state index contributed by atoms with van der Waals surface area (Å²) >= 11 is 1.54. The Morgan fingerprint density at radius 2 is 2.22 bits per heavy atom. The highest BCUT2D eigenvalue weighted by molar-refractivity contribution is 7.07. The third-order valence-corrected chi connectivity index (χ3v) is 4.32. The minimum Gasteiger partial charge on any atom is -0.342 e. The molecule has 1 aromatic carbocycles. The predicted molar refractivity (Wildman–Crippen MR) is 87.6 cm³/mol. The van der Waals surface area contributed by atoms with Crippen LogP contribution in [0, 0.1) is 5.82 Å². The van der Waals surface area contributed by atoms with Gasteiger partial charge in [0.2, 0.25) is 5.91 Å². The van der Waals surface area contributed by atoms with Crippen molar-refractivity contribution in [2.24, 2.45) is 7.05 Å². The fourth-order valence-electron chi connectivity index (χ4n) is 2.44. The van der Waals surface area contributed by atoms with Crippen molar-refractivity contribution in [1.82, 2.24) is 14.9 Å². The number of halogens is 1. The van der Waals surface area contributed by atoms with Gasteiger partial charge >= 0.3 is 0 Å². The van der Waals surface area contributed by atoms with Gasteiger partial charge in [-0.15, -0.1) is 0 Å². The molecule has 0 radical (unpaired) electrons. The van der Waals surface area contributed by atoms with Crippen LogP contribution in [0.5, 0.6) is 0 Å². The fraction of sp³-hybridized carbons (Fsp3) is 0.176. The van der Waals surface area contributed by atoms with E-state index in [1.807, 2.05) is 23.9 Å². The molecule has 2 heterocycles. The van der Waals surface area contributed by atoms with Crippen LogP contribution in [-0.2, 0) is 18.3 Å². The van der Waals surface area contributed by atoms with Crippen LogP contribution in [0.1, 0.15) is 23.0 Å². The molecule has 0 aliphatic rings. The maximum absolute atomic E-state index is 14.2. The number of nitrogens with zero attached hydrogens (tertiary/aromatic N) is 2. The number of hydrogen-bond acceptors (Lipinski definition) is 3. The summed E-state index contributed by atoms with van der Waals surface area (Å²) in [4.78, 5) is 16.6. The molecule has 23 heavy (non-hydrogen) atoms. The molecule has 0 aliphatic heterocycles. The molecule has 0 spiro atoms. The Labute approximate surface area is 137 Å². The quantitative estimate of drug-likeness (QED) is 0.782. The molecule has 1 N–H and O–H groups in total. The van der Waals surface area contributed by atoms with Crippen LogP contribution in [-0.4, -0.2) is 15.5 Å². The lowest BCUT2D eigenvalue weighted by Crippen LogP contribution is -2.32. The van der Waals surface area contributed by atoms with E-state index in [-0.39, 0.29) is 18.1 Å². The van der Waals surface area contributed by atoms with E-state index in [0.29, 0.717) is 11.4 Å². The van der Waals surface area contributed by atoms with Crippen molar-refractivity contribution in [1.29, 1.82) is 0 Å². The van der Waals surface area contributed by atoms with Gasteiger partial charge in [0.15, 0.2) is 0 Å². The van der Waals surface area contributed by atoms with Crippen LogP contribution < -0.4 is 5.32 Å². The zero-order valence-corrected chi connectivity index (χ0v) is 13.4. The molecular formula is C17H16FN3OS. The first-order valence-corrected chi connectivity index (χ1v) is 8.11. The molecule has 4 nitrogen and oxygen atoms in total. The smallest absolute Gasteiger partial charge is 0.225 e. The van der Waals surface area contributed by atoms with E-state index in [1.165, 1.54) is 6.07 Å². The van der Waals surface area contributed by atoms with Crippen molar-refractivity contribution in [3.8, 4) is 0 Å². The van der Waals surface area contributed by atoms with Crippen LogP contribution in [0.4, 0.5) is 4.39 Å². The molecule has 118 valence electrons. The van der Waals surface area contributed by atoms with E-state index in [9.17, 15) is 9.18 Å². The van der Waals surface area contributed by atoms with E-state index < -0.39 is 6.04 Å². The van der Waals surface area contributed by atoms with Crippen molar-refractivity contribution >= 4 is 17.2 Å². The second-order valence-electron chi connectivity index (χ2n) is 5.23. The van der Waals surface area contributed by atoms with Crippen molar-refractivity contribution < 1.29 is 9.18 Å². The van der Waals surface area contributed by atoms with Gasteiger partial charge in [0, 0.05) is 25.0 Å². The summed E-state index contributed by atoms with van der Waals surface area (Å²) in [5.41, 5.74) is 1.35. The summed E-state index contributed by atoms with van der Waals surface area (Å²) in [6.07, 6.45) is 3.67. The monoisotopic (exact) mass is 329 g/mol. The molecule has 6 heteroatoms. The van der Waals surface area contributed by atoms with Gasteiger partial charge in [0.25, 0.3) is 0 Å². The van der Waals surface area contributed by atoms with Crippen LogP contribution in [0.2, 0.25) is 0 Å². The second-order valence-corrected chi connectivity index (χ2v) is 6.01. The third kappa shape index (κ3) is 3.48. The Morgan fingerprint density at radius 3 is 2.87 bits per heavy atom. The highest BCUT2D eigenvalue weighted by Crippen LogP contribution is 2.23. The van der Waals surface area contributed by atoms with E-state index in [1.54, 1.807) is 46.5 Å². The van der Waals surface area contributed by atoms with E-state index in [2.05, 4.69) is 10.3 Å². The number of hydrogen-bond donors (Lipinski definition) is 1. The Bertz CT molecular complexity index is 798. The largest absolute Gasteiger partial charge is 0.342 e. The van der Waals surface area contributed by atoms with Crippen molar-refractivity contribution in [2.75, 3.05) is 0 Å².